The van der Waals surface area contributed by atoms with E-state index in [0.717, 1.165) is 0 Å². The number of phenols is 1. The van der Waals surface area contributed by atoms with E-state index in [9.17, 15) is 9.50 Å². The number of rotatable bonds is 1. The minimum atomic E-state index is -0.855. The average Bonchev–Trinajstić information content (AvgIpc) is 2.24. The first-order valence-electron chi connectivity index (χ1n) is 4.54. The van der Waals surface area contributed by atoms with Crippen LogP contribution in [0.5, 0.6) is 11.5 Å². The molecule has 2 rings (SSSR count). The molecule has 3 N–H and O–H groups in total. The van der Waals surface area contributed by atoms with Crippen molar-refractivity contribution in [1.29, 1.82) is 0 Å². The van der Waals surface area contributed by atoms with Gasteiger partial charge in [-0.1, -0.05) is 0 Å². The van der Waals surface area contributed by atoms with Gasteiger partial charge in [-0.05, 0) is 13.0 Å². The molecule has 0 atom stereocenters. The van der Waals surface area contributed by atoms with E-state index in [0.29, 0.717) is 11.2 Å². The number of benzene rings is 1. The van der Waals surface area contributed by atoms with Crippen molar-refractivity contribution in [2.24, 2.45) is 0 Å². The van der Waals surface area contributed by atoms with Gasteiger partial charge in [-0.15, -0.1) is 0 Å². The van der Waals surface area contributed by atoms with E-state index in [-0.39, 0.29) is 17.1 Å². The zero-order valence-electron chi connectivity index (χ0n) is 8.78. The summed E-state index contributed by atoms with van der Waals surface area (Å²) in [6.07, 6.45) is 0. The van der Waals surface area contributed by atoms with Gasteiger partial charge in [0.1, 0.15) is 17.2 Å². The van der Waals surface area contributed by atoms with Crippen LogP contribution in [-0.2, 0) is 0 Å². The molecule has 5 nitrogen and oxygen atoms in total. The lowest BCUT2D eigenvalue weighted by molar-refractivity contribution is 0.359. The predicted octanol–water partition coefficient (Wildman–Crippen LogP) is 1.37. The van der Waals surface area contributed by atoms with Crippen LogP contribution in [0, 0.1) is 12.7 Å². The Kier molecular flexibility index (Phi) is 2.26. The molecule has 0 spiro atoms. The van der Waals surface area contributed by atoms with Crippen molar-refractivity contribution in [3.05, 3.63) is 17.7 Å². The highest BCUT2D eigenvalue weighted by Gasteiger charge is 2.16. The van der Waals surface area contributed by atoms with Crippen LogP contribution in [0.2, 0.25) is 0 Å². The number of anilines is 1. The van der Waals surface area contributed by atoms with Gasteiger partial charge in [0.15, 0.2) is 17.3 Å². The fourth-order valence-electron chi connectivity index (χ4n) is 1.49. The molecular weight excluding hydrogens is 213 g/mol. The molecule has 16 heavy (non-hydrogen) atoms. The number of nitrogens with two attached hydrogens (primary N) is 1. The molecule has 0 amide bonds. The highest BCUT2D eigenvalue weighted by atomic mass is 19.1. The van der Waals surface area contributed by atoms with Gasteiger partial charge in [0.05, 0.1) is 7.11 Å². The van der Waals surface area contributed by atoms with E-state index in [1.54, 1.807) is 6.92 Å². The van der Waals surface area contributed by atoms with Crippen molar-refractivity contribution in [1.82, 2.24) is 9.97 Å². The van der Waals surface area contributed by atoms with Crippen molar-refractivity contribution in [2.75, 3.05) is 12.8 Å². The van der Waals surface area contributed by atoms with Crippen LogP contribution >= 0.6 is 0 Å². The summed E-state index contributed by atoms with van der Waals surface area (Å²) in [4.78, 5) is 7.80. The number of hydrogen-bond acceptors (Lipinski definition) is 5. The molecule has 0 radical (unpaired) electrons. The number of nitrogens with zero attached hydrogens (tertiary/aromatic N) is 2. The van der Waals surface area contributed by atoms with Gasteiger partial charge in [-0.3, -0.25) is 0 Å². The normalized spacial score (nSPS) is 10.7. The smallest absolute Gasteiger partial charge is 0.196 e. The third-order valence-electron chi connectivity index (χ3n) is 2.23. The Morgan fingerprint density at radius 1 is 1.44 bits per heavy atom. The van der Waals surface area contributed by atoms with E-state index >= 15 is 0 Å². The summed E-state index contributed by atoms with van der Waals surface area (Å²) in [7, 11) is 1.32. The largest absolute Gasteiger partial charge is 0.502 e. The molecule has 1 aromatic carbocycles. The molecule has 0 unspecified atom stereocenters. The number of phenolic OH excluding ortho intramolecular Hbond substituents is 1. The summed E-state index contributed by atoms with van der Waals surface area (Å²) in [5.41, 5.74) is 5.63. The first kappa shape index (κ1) is 10.4. The van der Waals surface area contributed by atoms with Crippen LogP contribution in [-0.4, -0.2) is 22.2 Å². The molecule has 1 aromatic heterocycles. The Morgan fingerprint density at radius 3 is 2.75 bits per heavy atom. The predicted molar refractivity (Wildman–Crippen MR) is 56.9 cm³/mol. The second-order valence-electron chi connectivity index (χ2n) is 3.29. The summed E-state index contributed by atoms with van der Waals surface area (Å²) < 4.78 is 18.5. The van der Waals surface area contributed by atoms with Gasteiger partial charge in [-0.25, -0.2) is 14.4 Å². The Labute approximate surface area is 90.7 Å². The molecule has 0 aliphatic heterocycles. The molecule has 0 bridgehead atoms. The quantitative estimate of drug-likeness (QED) is 0.763. The van der Waals surface area contributed by atoms with E-state index in [4.69, 9.17) is 10.5 Å². The number of nitrogen functional groups attached to an aromatic ring is 1. The van der Waals surface area contributed by atoms with Crippen LogP contribution in [0.1, 0.15) is 5.82 Å². The van der Waals surface area contributed by atoms with Crippen LogP contribution in [0.25, 0.3) is 10.9 Å². The highest BCUT2D eigenvalue weighted by molar-refractivity contribution is 5.91. The minimum absolute atomic E-state index is 0.00385. The molecule has 1 heterocycles. The van der Waals surface area contributed by atoms with E-state index in [2.05, 4.69) is 9.97 Å². The molecule has 0 saturated heterocycles. The van der Waals surface area contributed by atoms with Crippen LogP contribution < -0.4 is 10.5 Å². The molecule has 84 valence electrons. The molecule has 2 aromatic rings. The molecule has 6 heteroatoms. The van der Waals surface area contributed by atoms with Gasteiger partial charge >= 0.3 is 0 Å². The zero-order valence-corrected chi connectivity index (χ0v) is 8.78. The number of aryl methyl sites for hydroxylation is 1. The van der Waals surface area contributed by atoms with Crippen LogP contribution in [0.15, 0.2) is 6.07 Å². The Morgan fingerprint density at radius 2 is 2.12 bits per heavy atom. The minimum Gasteiger partial charge on any atom is -0.502 e. The molecule has 0 saturated carbocycles. The Bertz CT molecular complexity index is 572. The summed E-state index contributed by atoms with van der Waals surface area (Å²) in [5.74, 6) is -0.934. The number of aromatic hydroxyl groups is 1. The number of aromatic nitrogens is 2. The van der Waals surface area contributed by atoms with Gasteiger partial charge in [0.25, 0.3) is 0 Å². The second kappa shape index (κ2) is 3.48. The number of ether oxygens (including phenoxy) is 1. The maximum absolute atomic E-state index is 13.7. The van der Waals surface area contributed by atoms with Crippen molar-refractivity contribution in [2.45, 2.75) is 6.92 Å². The van der Waals surface area contributed by atoms with Gasteiger partial charge < -0.3 is 15.6 Å². The number of fused-ring (bicyclic) bond motifs is 1. The van der Waals surface area contributed by atoms with Gasteiger partial charge in [0.2, 0.25) is 0 Å². The zero-order chi connectivity index (χ0) is 11.9. The molecule has 0 aliphatic carbocycles. The number of halogens is 1. The second-order valence-corrected chi connectivity index (χ2v) is 3.29. The van der Waals surface area contributed by atoms with E-state index in [1.165, 1.54) is 13.2 Å². The van der Waals surface area contributed by atoms with Crippen molar-refractivity contribution < 1.29 is 14.2 Å². The molecular formula is C10H10FN3O2. The SMILES string of the molecule is COc1cc2c(N)nc(C)nc2c(F)c1O. The van der Waals surface area contributed by atoms with Gasteiger partial charge in [0, 0.05) is 5.39 Å². The standard InChI is InChI=1S/C10H10FN3O2/c1-4-13-8-5(10(12)14-4)3-6(16-2)9(15)7(8)11/h3,15H,1-2H3,(H2,12,13,14). The average molecular weight is 223 g/mol. The van der Waals surface area contributed by atoms with Crippen molar-refractivity contribution in [3.8, 4) is 11.5 Å². The first-order chi connectivity index (χ1) is 7.54. The first-order valence-corrected chi connectivity index (χ1v) is 4.54. The maximum Gasteiger partial charge on any atom is 0.196 e. The number of methoxy groups -OCH3 is 1. The van der Waals surface area contributed by atoms with E-state index < -0.39 is 11.6 Å². The van der Waals surface area contributed by atoms with Crippen LogP contribution in [0.3, 0.4) is 0 Å². The summed E-state index contributed by atoms with van der Waals surface area (Å²) in [5, 5.41) is 9.79. The topological polar surface area (TPSA) is 81.3 Å². The Hall–Kier alpha value is -2.11. The van der Waals surface area contributed by atoms with Crippen LogP contribution in [0.4, 0.5) is 10.2 Å². The monoisotopic (exact) mass is 223 g/mol. The van der Waals surface area contributed by atoms with Crippen molar-refractivity contribution in [3.63, 3.8) is 0 Å². The highest BCUT2D eigenvalue weighted by Crippen LogP contribution is 2.35. The summed E-state index contributed by atoms with van der Waals surface area (Å²) >= 11 is 0. The maximum atomic E-state index is 13.7. The summed E-state index contributed by atoms with van der Waals surface area (Å²) in [6, 6.07) is 1.41. The molecule has 0 fully saturated rings. The fraction of sp³-hybridized carbons (Fsp3) is 0.200. The molecule has 0 aliphatic rings. The third-order valence-corrected chi connectivity index (χ3v) is 2.23. The number of hydrogen-bond donors (Lipinski definition) is 2. The van der Waals surface area contributed by atoms with Crippen molar-refractivity contribution >= 4 is 16.7 Å². The van der Waals surface area contributed by atoms with E-state index in [1.807, 2.05) is 0 Å². The van der Waals surface area contributed by atoms with Gasteiger partial charge in [-0.2, -0.15) is 0 Å². The summed E-state index contributed by atoms with van der Waals surface area (Å²) in [6.45, 7) is 1.59. The lowest BCUT2D eigenvalue weighted by Crippen LogP contribution is -2.00. The fourth-order valence-corrected chi connectivity index (χ4v) is 1.49. The Balaban J connectivity index is 2.92. The lowest BCUT2D eigenvalue weighted by Gasteiger charge is -2.08. The third kappa shape index (κ3) is 1.39. The lowest BCUT2D eigenvalue weighted by atomic mass is 10.2.